The van der Waals surface area contributed by atoms with E-state index in [1.165, 1.54) is 0 Å². The van der Waals surface area contributed by atoms with Gasteiger partial charge in [0, 0.05) is 19.1 Å². The highest BCUT2D eigenvalue weighted by Crippen LogP contribution is 2.17. The molecule has 0 spiro atoms. The molecule has 1 aliphatic rings. The first-order chi connectivity index (χ1) is 10.5. The molecule has 2 aromatic heterocycles. The Hall–Kier alpha value is -2.53. The molecule has 0 amide bonds. The molecule has 8 nitrogen and oxygen atoms in total. The van der Waals surface area contributed by atoms with Crippen molar-refractivity contribution < 1.29 is 0 Å². The van der Waals surface area contributed by atoms with Gasteiger partial charge in [-0.1, -0.05) is 0 Å². The number of aromatic nitrogens is 4. The molecule has 1 aliphatic heterocycles. The highest BCUT2D eigenvalue weighted by Gasteiger charge is 2.20. The maximum Gasteiger partial charge on any atom is 0.327 e. The Morgan fingerprint density at radius 3 is 2.59 bits per heavy atom. The molecule has 3 rings (SSSR count). The number of anilines is 1. The van der Waals surface area contributed by atoms with Crippen molar-refractivity contribution in [3.8, 4) is 11.8 Å². The lowest BCUT2D eigenvalue weighted by atomic mass is 10.1. The number of hydrogen-bond acceptors (Lipinski definition) is 5. The van der Waals surface area contributed by atoms with Crippen LogP contribution < -0.4 is 21.9 Å². The largest absolute Gasteiger partial charge is 0.341 e. The van der Waals surface area contributed by atoms with Crippen molar-refractivity contribution >= 4 is 17.1 Å². The summed E-state index contributed by atoms with van der Waals surface area (Å²) in [5.74, 6) is 5.94. The second-order valence-electron chi connectivity index (χ2n) is 5.04. The first-order valence-electron chi connectivity index (χ1n) is 7.11. The second-order valence-corrected chi connectivity index (χ2v) is 5.04. The van der Waals surface area contributed by atoms with E-state index in [-0.39, 0.29) is 17.2 Å². The molecule has 0 aromatic carbocycles. The molecule has 118 valence electrons. The van der Waals surface area contributed by atoms with Crippen LogP contribution in [0.3, 0.4) is 0 Å². The first kappa shape index (κ1) is 15.9. The molecule has 8 heteroatoms. The lowest BCUT2D eigenvalue weighted by Gasteiger charge is -2.30. The maximum atomic E-state index is 11.6. The second kappa shape index (κ2) is 6.95. The normalized spacial score (nSPS) is 17.4. The van der Waals surface area contributed by atoms with E-state index in [1.54, 1.807) is 0 Å². The Morgan fingerprint density at radius 1 is 1.23 bits per heavy atom. The molecule has 0 saturated carbocycles. The molecule has 0 bridgehead atoms. The third kappa shape index (κ3) is 3.56. The summed E-state index contributed by atoms with van der Waals surface area (Å²) in [6, 6.07) is 0.115. The smallest absolute Gasteiger partial charge is 0.327 e. The summed E-state index contributed by atoms with van der Waals surface area (Å²) >= 11 is 0. The van der Waals surface area contributed by atoms with Gasteiger partial charge in [-0.05, 0) is 26.7 Å². The number of nitrogens with one attached hydrogen (secondary N) is 3. The van der Waals surface area contributed by atoms with Gasteiger partial charge >= 0.3 is 5.69 Å². The van der Waals surface area contributed by atoms with E-state index >= 15 is 0 Å². The fourth-order valence-corrected chi connectivity index (χ4v) is 2.27. The third-order valence-corrected chi connectivity index (χ3v) is 3.38. The summed E-state index contributed by atoms with van der Waals surface area (Å²) in [4.78, 5) is 36.5. The average Bonchev–Trinajstić information content (AvgIpc) is 2.92. The monoisotopic (exact) mass is 304 g/mol. The minimum Gasteiger partial charge on any atom is -0.341 e. The number of imidazole rings is 1. The van der Waals surface area contributed by atoms with Crippen molar-refractivity contribution in [2.24, 2.45) is 5.73 Å². The Bertz CT molecular complexity index is 800. The zero-order chi connectivity index (χ0) is 16.1. The maximum absolute atomic E-state index is 11.6. The van der Waals surface area contributed by atoms with Gasteiger partial charge in [-0.15, -0.1) is 11.8 Å². The highest BCUT2D eigenvalue weighted by atomic mass is 16.2. The van der Waals surface area contributed by atoms with Gasteiger partial charge in [0.05, 0.1) is 0 Å². The van der Waals surface area contributed by atoms with Crippen LogP contribution in [-0.2, 0) is 0 Å². The van der Waals surface area contributed by atoms with Crippen LogP contribution in [-0.4, -0.2) is 39.1 Å². The molecule has 22 heavy (non-hydrogen) atoms. The Morgan fingerprint density at radius 2 is 1.95 bits per heavy atom. The van der Waals surface area contributed by atoms with Gasteiger partial charge < -0.3 is 15.6 Å². The number of piperidine rings is 1. The fourth-order valence-electron chi connectivity index (χ4n) is 2.27. The van der Waals surface area contributed by atoms with Crippen LogP contribution in [0.5, 0.6) is 0 Å². The van der Waals surface area contributed by atoms with Crippen LogP contribution in [0.4, 0.5) is 5.95 Å². The lowest BCUT2D eigenvalue weighted by molar-refractivity contribution is 0.501. The molecule has 0 unspecified atom stereocenters. The van der Waals surface area contributed by atoms with Crippen LogP contribution in [0.1, 0.15) is 26.7 Å². The minimum atomic E-state index is -0.555. The quantitative estimate of drug-likeness (QED) is 0.548. The number of hydrogen-bond donors (Lipinski definition) is 4. The van der Waals surface area contributed by atoms with E-state index in [9.17, 15) is 9.59 Å². The number of H-pyrrole nitrogens is 3. The Kier molecular flexibility index (Phi) is 5.01. The van der Waals surface area contributed by atoms with Crippen molar-refractivity contribution in [2.45, 2.75) is 32.7 Å². The van der Waals surface area contributed by atoms with Crippen LogP contribution >= 0.6 is 0 Å². The Labute approximate surface area is 127 Å². The summed E-state index contributed by atoms with van der Waals surface area (Å²) in [6.45, 7) is 5.18. The van der Waals surface area contributed by atoms with E-state index < -0.39 is 11.2 Å². The van der Waals surface area contributed by atoms with Crippen molar-refractivity contribution in [3.05, 3.63) is 20.8 Å². The van der Waals surface area contributed by atoms with Gasteiger partial charge in [0.2, 0.25) is 5.95 Å². The molecule has 5 N–H and O–H groups in total. The molecular weight excluding hydrogens is 284 g/mol. The number of nitrogens with zero attached hydrogens (tertiary/aromatic N) is 2. The topological polar surface area (TPSA) is 124 Å². The summed E-state index contributed by atoms with van der Waals surface area (Å²) in [6.07, 6.45) is 1.99. The molecule has 1 saturated heterocycles. The fraction of sp³-hybridized carbons (Fsp3) is 0.500. The van der Waals surface area contributed by atoms with E-state index in [2.05, 4.69) is 31.8 Å². The zero-order valence-electron chi connectivity index (χ0n) is 12.7. The van der Waals surface area contributed by atoms with E-state index in [1.807, 2.05) is 18.7 Å². The molecule has 1 atom stereocenters. The summed E-state index contributed by atoms with van der Waals surface area (Å²) in [7, 11) is 0. The van der Waals surface area contributed by atoms with Crippen molar-refractivity contribution in [1.29, 1.82) is 0 Å². The van der Waals surface area contributed by atoms with Crippen LogP contribution in [0.2, 0.25) is 0 Å². The van der Waals surface area contributed by atoms with Gasteiger partial charge in [0.15, 0.2) is 11.2 Å². The van der Waals surface area contributed by atoms with Crippen molar-refractivity contribution in [2.75, 3.05) is 18.0 Å². The Balaban J connectivity index is 0.000000396. The van der Waals surface area contributed by atoms with E-state index in [4.69, 9.17) is 5.73 Å². The zero-order valence-corrected chi connectivity index (χ0v) is 12.7. The number of fused-ring (bicyclic) bond motifs is 1. The molecule has 0 aliphatic carbocycles. The van der Waals surface area contributed by atoms with Gasteiger partial charge in [-0.25, -0.2) is 4.79 Å². The van der Waals surface area contributed by atoms with Crippen molar-refractivity contribution in [1.82, 2.24) is 19.9 Å². The molecule has 0 radical (unpaired) electrons. The summed E-state index contributed by atoms with van der Waals surface area (Å²) < 4.78 is 0. The van der Waals surface area contributed by atoms with Crippen molar-refractivity contribution in [3.63, 3.8) is 0 Å². The van der Waals surface area contributed by atoms with E-state index in [0.29, 0.717) is 12.5 Å². The SMILES string of the molecule is CC#CC.N[C@@H]1CCCN(c2nc3[nH]c(=O)[nH]c(=O)c3[nH]2)C1. The van der Waals surface area contributed by atoms with Gasteiger partial charge in [-0.3, -0.25) is 14.8 Å². The summed E-state index contributed by atoms with van der Waals surface area (Å²) in [5, 5.41) is 0. The lowest BCUT2D eigenvalue weighted by Crippen LogP contribution is -2.43. The first-order valence-corrected chi connectivity index (χ1v) is 7.11. The van der Waals surface area contributed by atoms with Crippen LogP contribution in [0.15, 0.2) is 9.59 Å². The van der Waals surface area contributed by atoms with Gasteiger partial charge in [0.1, 0.15) is 0 Å². The standard InChI is InChI=1S/C10H14N6O2.C4H6/c11-5-2-1-3-16(4-5)9-12-6-7(13-9)14-10(18)15-8(6)17;1-3-4-2/h5H,1-4,11H2,(H3,12,13,14,15,17,18);1-2H3/t5-;/m1./s1. The number of aromatic amines is 3. The number of rotatable bonds is 1. The molecule has 2 aromatic rings. The third-order valence-electron chi connectivity index (χ3n) is 3.38. The predicted octanol–water partition coefficient (Wildman–Crippen LogP) is -0.103. The van der Waals surface area contributed by atoms with Crippen LogP contribution in [0, 0.1) is 11.8 Å². The molecular formula is C14H20N6O2. The molecule has 3 heterocycles. The number of nitrogens with two attached hydrogens (primary N) is 1. The minimum absolute atomic E-state index is 0.115. The summed E-state index contributed by atoms with van der Waals surface area (Å²) in [5.41, 5.74) is 5.44. The van der Waals surface area contributed by atoms with Crippen LogP contribution in [0.25, 0.3) is 11.2 Å². The average molecular weight is 304 g/mol. The van der Waals surface area contributed by atoms with Gasteiger partial charge in [0.25, 0.3) is 5.56 Å². The predicted molar refractivity (Wildman–Crippen MR) is 85.9 cm³/mol. The van der Waals surface area contributed by atoms with Gasteiger partial charge in [-0.2, -0.15) is 4.98 Å². The highest BCUT2D eigenvalue weighted by molar-refractivity contribution is 5.72. The van der Waals surface area contributed by atoms with E-state index in [0.717, 1.165) is 19.4 Å². The molecule has 1 fully saturated rings.